The van der Waals surface area contributed by atoms with Gasteiger partial charge in [0, 0.05) is 38.0 Å². The van der Waals surface area contributed by atoms with Crippen LogP contribution in [0.3, 0.4) is 0 Å². The lowest BCUT2D eigenvalue weighted by Gasteiger charge is -2.31. The number of likely N-dealkylation sites (N-methyl/N-ethyl adjacent to an activating group) is 1. The largest absolute Gasteiger partial charge is 0.493 e. The minimum atomic E-state index is 0.626. The molecular weight excluding hydrogens is 268 g/mol. The fraction of sp³-hybridized carbons (Fsp3) is 0.438. The number of carbonyl (C=O) groups is 1. The van der Waals surface area contributed by atoms with Crippen molar-refractivity contribution in [3.63, 3.8) is 0 Å². The van der Waals surface area contributed by atoms with Crippen molar-refractivity contribution in [3.05, 3.63) is 30.0 Å². The summed E-state index contributed by atoms with van der Waals surface area (Å²) in [5.41, 5.74) is 1.49. The van der Waals surface area contributed by atoms with Gasteiger partial charge in [-0.3, -0.25) is 4.79 Å². The summed E-state index contributed by atoms with van der Waals surface area (Å²) < 4.78 is 10.5. The van der Waals surface area contributed by atoms with Crippen LogP contribution in [0.25, 0.3) is 5.57 Å². The average molecular weight is 290 g/mol. The van der Waals surface area contributed by atoms with E-state index in [1.165, 1.54) is 0 Å². The first kappa shape index (κ1) is 15.4. The van der Waals surface area contributed by atoms with Crippen LogP contribution in [-0.4, -0.2) is 63.5 Å². The zero-order valence-electron chi connectivity index (χ0n) is 12.8. The SMILES string of the molecule is COc1ccc(C(C=O)=CN2CCN(C)CC2)cc1OC. The highest BCUT2D eigenvalue weighted by atomic mass is 16.5. The second-order valence-electron chi connectivity index (χ2n) is 5.11. The molecule has 0 atom stereocenters. The van der Waals surface area contributed by atoms with Crippen LogP contribution in [-0.2, 0) is 4.79 Å². The predicted molar refractivity (Wildman–Crippen MR) is 82.7 cm³/mol. The highest BCUT2D eigenvalue weighted by Gasteiger charge is 2.13. The second-order valence-corrected chi connectivity index (χ2v) is 5.11. The molecule has 0 spiro atoms. The molecule has 1 aromatic rings. The standard InChI is InChI=1S/C16H22N2O3/c1-17-6-8-18(9-7-17)11-14(12-19)13-4-5-15(20-2)16(10-13)21-3/h4-5,10-12H,6-9H2,1-3H3. The van der Waals surface area contributed by atoms with E-state index in [9.17, 15) is 4.79 Å². The van der Waals surface area contributed by atoms with Crippen molar-refractivity contribution >= 4 is 11.9 Å². The van der Waals surface area contributed by atoms with E-state index in [-0.39, 0.29) is 0 Å². The van der Waals surface area contributed by atoms with Crippen molar-refractivity contribution < 1.29 is 14.3 Å². The van der Waals surface area contributed by atoms with Crippen molar-refractivity contribution in [3.8, 4) is 11.5 Å². The third kappa shape index (κ3) is 3.76. The van der Waals surface area contributed by atoms with Gasteiger partial charge in [0.05, 0.1) is 14.2 Å². The number of hydrogen-bond acceptors (Lipinski definition) is 5. The fourth-order valence-electron chi connectivity index (χ4n) is 2.34. The van der Waals surface area contributed by atoms with Crippen LogP contribution in [0.1, 0.15) is 5.56 Å². The Kier molecular flexibility index (Phi) is 5.22. The Morgan fingerprint density at radius 1 is 1.10 bits per heavy atom. The summed E-state index contributed by atoms with van der Waals surface area (Å²) in [7, 11) is 5.29. The molecule has 0 aromatic heterocycles. The highest BCUT2D eigenvalue weighted by molar-refractivity contribution is 6.06. The Morgan fingerprint density at radius 2 is 1.76 bits per heavy atom. The predicted octanol–water partition coefficient (Wildman–Crippen LogP) is 1.49. The Hall–Kier alpha value is -2.01. The first-order chi connectivity index (χ1) is 10.2. The van der Waals surface area contributed by atoms with E-state index in [4.69, 9.17) is 9.47 Å². The Morgan fingerprint density at radius 3 is 2.33 bits per heavy atom. The molecule has 0 saturated carbocycles. The van der Waals surface area contributed by atoms with Crippen LogP contribution in [0.2, 0.25) is 0 Å². The maximum Gasteiger partial charge on any atom is 0.161 e. The van der Waals surface area contributed by atoms with Crippen molar-refractivity contribution in [2.75, 3.05) is 47.4 Å². The van der Waals surface area contributed by atoms with Crippen LogP contribution in [0.5, 0.6) is 11.5 Å². The molecule has 1 saturated heterocycles. The summed E-state index contributed by atoms with van der Waals surface area (Å²) in [5, 5.41) is 0. The molecule has 0 unspecified atom stereocenters. The van der Waals surface area contributed by atoms with E-state index in [2.05, 4.69) is 16.8 Å². The summed E-state index contributed by atoms with van der Waals surface area (Å²) in [6.07, 6.45) is 2.82. The number of nitrogens with zero attached hydrogens (tertiary/aromatic N) is 2. The van der Waals surface area contributed by atoms with Gasteiger partial charge in [-0.2, -0.15) is 0 Å². The summed E-state index contributed by atoms with van der Waals surface area (Å²) in [6, 6.07) is 5.52. The van der Waals surface area contributed by atoms with Crippen LogP contribution in [0.4, 0.5) is 0 Å². The number of hydrogen-bond donors (Lipinski definition) is 0. The normalized spacial score (nSPS) is 16.7. The number of aldehydes is 1. The van der Waals surface area contributed by atoms with Crippen LogP contribution in [0.15, 0.2) is 24.4 Å². The summed E-state index contributed by atoms with van der Waals surface area (Å²) >= 11 is 0. The molecule has 1 fully saturated rings. The minimum absolute atomic E-state index is 0.626. The van der Waals surface area contributed by atoms with E-state index in [0.717, 1.165) is 38.0 Å². The van der Waals surface area contributed by atoms with Gasteiger partial charge in [-0.25, -0.2) is 0 Å². The van der Waals surface area contributed by atoms with Crippen molar-refractivity contribution in [2.45, 2.75) is 0 Å². The number of ether oxygens (including phenoxy) is 2. The monoisotopic (exact) mass is 290 g/mol. The van der Waals surface area contributed by atoms with E-state index >= 15 is 0 Å². The van der Waals surface area contributed by atoms with E-state index < -0.39 is 0 Å². The van der Waals surface area contributed by atoms with Crippen molar-refractivity contribution in [1.82, 2.24) is 9.80 Å². The number of allylic oxidation sites excluding steroid dienone is 1. The Bertz CT molecular complexity index is 520. The van der Waals surface area contributed by atoms with Crippen molar-refractivity contribution in [2.24, 2.45) is 0 Å². The zero-order valence-corrected chi connectivity index (χ0v) is 12.8. The van der Waals surface area contributed by atoms with Crippen molar-refractivity contribution in [1.29, 1.82) is 0 Å². The average Bonchev–Trinajstić information content (AvgIpc) is 2.53. The molecule has 1 aliphatic heterocycles. The summed E-state index contributed by atoms with van der Waals surface area (Å²) in [5.74, 6) is 1.28. The number of benzene rings is 1. The molecule has 0 aliphatic carbocycles. The van der Waals surface area contributed by atoms with E-state index in [1.54, 1.807) is 14.2 Å². The third-order valence-electron chi connectivity index (χ3n) is 3.70. The lowest BCUT2D eigenvalue weighted by atomic mass is 10.1. The van der Waals surface area contributed by atoms with Gasteiger partial charge in [0.25, 0.3) is 0 Å². The third-order valence-corrected chi connectivity index (χ3v) is 3.70. The summed E-state index contributed by atoms with van der Waals surface area (Å²) in [6.45, 7) is 3.88. The molecule has 2 rings (SSSR count). The quantitative estimate of drug-likeness (QED) is 0.607. The van der Waals surface area contributed by atoms with Gasteiger partial charge in [0.15, 0.2) is 17.8 Å². The highest BCUT2D eigenvalue weighted by Crippen LogP contribution is 2.30. The summed E-state index contributed by atoms with van der Waals surface area (Å²) in [4.78, 5) is 15.9. The molecule has 1 aromatic carbocycles. The number of piperazine rings is 1. The molecule has 0 N–H and O–H groups in total. The maximum atomic E-state index is 11.4. The fourth-order valence-corrected chi connectivity index (χ4v) is 2.34. The van der Waals surface area contributed by atoms with E-state index in [0.29, 0.717) is 17.1 Å². The lowest BCUT2D eigenvalue weighted by Crippen LogP contribution is -2.41. The molecule has 5 nitrogen and oxygen atoms in total. The van der Waals surface area contributed by atoms with Crippen LogP contribution < -0.4 is 9.47 Å². The molecule has 1 aliphatic rings. The molecule has 0 amide bonds. The van der Waals surface area contributed by atoms with Gasteiger partial charge in [-0.1, -0.05) is 6.07 Å². The van der Waals surface area contributed by atoms with Gasteiger partial charge in [0.1, 0.15) is 0 Å². The molecule has 0 radical (unpaired) electrons. The Balaban J connectivity index is 2.22. The number of rotatable bonds is 5. The minimum Gasteiger partial charge on any atom is -0.493 e. The maximum absolute atomic E-state index is 11.4. The van der Waals surface area contributed by atoms with Gasteiger partial charge >= 0.3 is 0 Å². The molecule has 5 heteroatoms. The van der Waals surface area contributed by atoms with Crippen LogP contribution in [0, 0.1) is 0 Å². The van der Waals surface area contributed by atoms with Gasteiger partial charge in [0.2, 0.25) is 0 Å². The van der Waals surface area contributed by atoms with Crippen LogP contribution >= 0.6 is 0 Å². The topological polar surface area (TPSA) is 42.0 Å². The zero-order chi connectivity index (χ0) is 15.2. The second kappa shape index (κ2) is 7.13. The smallest absolute Gasteiger partial charge is 0.161 e. The van der Waals surface area contributed by atoms with Gasteiger partial charge < -0.3 is 19.3 Å². The van der Waals surface area contributed by atoms with Gasteiger partial charge in [-0.05, 0) is 24.7 Å². The first-order valence-corrected chi connectivity index (χ1v) is 7.00. The Labute approximate surface area is 125 Å². The number of carbonyl (C=O) groups excluding carboxylic acids is 1. The molecule has 114 valence electrons. The van der Waals surface area contributed by atoms with E-state index in [1.807, 2.05) is 24.4 Å². The molecular formula is C16H22N2O3. The molecule has 21 heavy (non-hydrogen) atoms. The van der Waals surface area contributed by atoms with Gasteiger partial charge in [-0.15, -0.1) is 0 Å². The lowest BCUT2D eigenvalue weighted by molar-refractivity contribution is -0.103. The molecule has 0 bridgehead atoms. The molecule has 1 heterocycles. The first-order valence-electron chi connectivity index (χ1n) is 7.00. The number of methoxy groups -OCH3 is 2.